The Hall–Kier alpha value is -1.96. The molecule has 2 aromatic carbocycles. The fourth-order valence-electron chi connectivity index (χ4n) is 3.36. The SMILES string of the molecule is CN=C(NCCc1ccc(OC)c(OC)c1)N1CCc2ccccc2C1.I. The number of hydrogen-bond donors (Lipinski definition) is 1. The summed E-state index contributed by atoms with van der Waals surface area (Å²) in [4.78, 5) is 6.78. The Balaban J connectivity index is 0.00000261. The molecule has 5 nitrogen and oxygen atoms in total. The van der Waals surface area contributed by atoms with Gasteiger partial charge in [-0.2, -0.15) is 0 Å². The maximum Gasteiger partial charge on any atom is 0.193 e. The molecule has 0 aromatic heterocycles. The van der Waals surface area contributed by atoms with Crippen LogP contribution in [0.3, 0.4) is 0 Å². The Kier molecular flexibility index (Phi) is 8.22. The Morgan fingerprint density at radius 1 is 1.07 bits per heavy atom. The van der Waals surface area contributed by atoms with E-state index in [9.17, 15) is 0 Å². The van der Waals surface area contributed by atoms with E-state index in [1.807, 2.05) is 19.2 Å². The molecule has 1 N–H and O–H groups in total. The van der Waals surface area contributed by atoms with Gasteiger partial charge >= 0.3 is 0 Å². The monoisotopic (exact) mass is 481 g/mol. The van der Waals surface area contributed by atoms with E-state index in [0.717, 1.165) is 49.9 Å². The van der Waals surface area contributed by atoms with Gasteiger partial charge in [0, 0.05) is 26.7 Å². The maximum absolute atomic E-state index is 5.38. The van der Waals surface area contributed by atoms with Crippen molar-refractivity contribution in [2.75, 3.05) is 34.4 Å². The van der Waals surface area contributed by atoms with Crippen LogP contribution < -0.4 is 14.8 Å². The first-order valence-electron chi connectivity index (χ1n) is 8.98. The van der Waals surface area contributed by atoms with Gasteiger partial charge in [0.2, 0.25) is 0 Å². The van der Waals surface area contributed by atoms with E-state index in [1.54, 1.807) is 14.2 Å². The Labute approximate surface area is 178 Å². The van der Waals surface area contributed by atoms with Crippen LogP contribution in [0.5, 0.6) is 11.5 Å². The minimum absolute atomic E-state index is 0. The van der Waals surface area contributed by atoms with Crippen LogP contribution in [0.4, 0.5) is 0 Å². The van der Waals surface area contributed by atoms with E-state index in [0.29, 0.717) is 0 Å². The second-order valence-corrected chi connectivity index (χ2v) is 6.35. The summed E-state index contributed by atoms with van der Waals surface area (Å²) >= 11 is 0. The summed E-state index contributed by atoms with van der Waals surface area (Å²) in [6.45, 7) is 2.72. The summed E-state index contributed by atoms with van der Waals surface area (Å²) in [7, 11) is 5.16. The summed E-state index contributed by atoms with van der Waals surface area (Å²) in [5.41, 5.74) is 4.04. The van der Waals surface area contributed by atoms with Gasteiger partial charge in [0.1, 0.15) is 0 Å². The summed E-state index contributed by atoms with van der Waals surface area (Å²) in [6.07, 6.45) is 1.95. The molecule has 0 aliphatic carbocycles. The maximum atomic E-state index is 5.38. The lowest BCUT2D eigenvalue weighted by molar-refractivity contribution is 0.354. The minimum atomic E-state index is 0. The van der Waals surface area contributed by atoms with Crippen molar-refractivity contribution < 1.29 is 9.47 Å². The Morgan fingerprint density at radius 3 is 2.52 bits per heavy atom. The molecule has 0 saturated heterocycles. The fourth-order valence-corrected chi connectivity index (χ4v) is 3.36. The molecule has 0 bridgehead atoms. The molecule has 6 heteroatoms. The van der Waals surface area contributed by atoms with Crippen molar-refractivity contribution in [3.05, 3.63) is 59.2 Å². The summed E-state index contributed by atoms with van der Waals surface area (Å²) < 4.78 is 10.7. The van der Waals surface area contributed by atoms with Gasteiger partial charge < -0.3 is 19.7 Å². The second-order valence-electron chi connectivity index (χ2n) is 6.35. The van der Waals surface area contributed by atoms with Crippen molar-refractivity contribution in [1.29, 1.82) is 0 Å². The molecule has 3 rings (SSSR count). The highest BCUT2D eigenvalue weighted by Gasteiger charge is 2.18. The zero-order chi connectivity index (χ0) is 18.4. The number of rotatable bonds is 5. The molecule has 1 heterocycles. The Morgan fingerprint density at radius 2 is 1.81 bits per heavy atom. The molecule has 146 valence electrons. The van der Waals surface area contributed by atoms with Crippen molar-refractivity contribution in [2.45, 2.75) is 19.4 Å². The van der Waals surface area contributed by atoms with E-state index in [-0.39, 0.29) is 24.0 Å². The van der Waals surface area contributed by atoms with Gasteiger partial charge in [0.25, 0.3) is 0 Å². The average molecular weight is 481 g/mol. The normalized spacial score (nSPS) is 13.4. The molecular formula is C21H28IN3O2. The molecule has 27 heavy (non-hydrogen) atoms. The number of guanidine groups is 1. The van der Waals surface area contributed by atoms with E-state index >= 15 is 0 Å². The van der Waals surface area contributed by atoms with E-state index in [1.165, 1.54) is 16.7 Å². The number of ether oxygens (including phenoxy) is 2. The van der Waals surface area contributed by atoms with Gasteiger partial charge in [0.05, 0.1) is 14.2 Å². The van der Waals surface area contributed by atoms with Crippen LogP contribution in [0.15, 0.2) is 47.5 Å². The van der Waals surface area contributed by atoms with Gasteiger partial charge in [-0.1, -0.05) is 30.3 Å². The van der Waals surface area contributed by atoms with Crippen LogP contribution in [-0.4, -0.2) is 45.2 Å². The van der Waals surface area contributed by atoms with Crippen molar-refractivity contribution in [2.24, 2.45) is 4.99 Å². The lowest BCUT2D eigenvalue weighted by atomic mass is 10.0. The molecule has 0 fully saturated rings. The number of methoxy groups -OCH3 is 2. The van der Waals surface area contributed by atoms with Gasteiger partial charge in [-0.05, 0) is 41.7 Å². The smallest absolute Gasteiger partial charge is 0.193 e. The highest BCUT2D eigenvalue weighted by atomic mass is 127. The molecule has 1 aliphatic heterocycles. The number of halogens is 1. The third kappa shape index (κ3) is 5.28. The molecule has 1 aliphatic rings. The third-order valence-electron chi connectivity index (χ3n) is 4.79. The van der Waals surface area contributed by atoms with Crippen LogP contribution in [0.2, 0.25) is 0 Å². The Bertz CT molecular complexity index is 780. The quantitative estimate of drug-likeness (QED) is 0.404. The molecule has 0 unspecified atom stereocenters. The summed E-state index contributed by atoms with van der Waals surface area (Å²) in [5, 5.41) is 3.49. The number of nitrogens with zero attached hydrogens (tertiary/aromatic N) is 2. The van der Waals surface area contributed by atoms with Gasteiger partial charge in [-0.15, -0.1) is 24.0 Å². The van der Waals surface area contributed by atoms with Crippen LogP contribution >= 0.6 is 24.0 Å². The zero-order valence-electron chi connectivity index (χ0n) is 16.2. The summed E-state index contributed by atoms with van der Waals surface area (Å²) in [5.74, 6) is 2.48. The van der Waals surface area contributed by atoms with Crippen LogP contribution in [0, 0.1) is 0 Å². The van der Waals surface area contributed by atoms with Crippen molar-refractivity contribution >= 4 is 29.9 Å². The van der Waals surface area contributed by atoms with E-state index in [2.05, 4.69) is 45.5 Å². The molecular weight excluding hydrogens is 453 g/mol. The zero-order valence-corrected chi connectivity index (χ0v) is 18.5. The summed E-state index contributed by atoms with van der Waals surface area (Å²) in [6, 6.07) is 14.7. The highest BCUT2D eigenvalue weighted by molar-refractivity contribution is 14.0. The first kappa shape index (κ1) is 21.3. The van der Waals surface area contributed by atoms with Crippen molar-refractivity contribution in [3.8, 4) is 11.5 Å². The van der Waals surface area contributed by atoms with Crippen molar-refractivity contribution in [1.82, 2.24) is 10.2 Å². The number of nitrogens with one attached hydrogen (secondary N) is 1. The minimum Gasteiger partial charge on any atom is -0.493 e. The highest BCUT2D eigenvalue weighted by Crippen LogP contribution is 2.27. The topological polar surface area (TPSA) is 46.1 Å². The molecule has 0 atom stereocenters. The standard InChI is InChI=1S/C21H27N3O2.HI/c1-22-21(24-13-11-17-6-4-5-7-18(17)15-24)23-12-10-16-8-9-19(25-2)20(14-16)26-3;/h4-9,14H,10-13,15H2,1-3H3,(H,22,23);1H. The first-order chi connectivity index (χ1) is 12.7. The second kappa shape index (κ2) is 10.4. The number of benzene rings is 2. The number of hydrogen-bond acceptors (Lipinski definition) is 3. The molecule has 0 spiro atoms. The first-order valence-corrected chi connectivity index (χ1v) is 8.98. The fraction of sp³-hybridized carbons (Fsp3) is 0.381. The van der Waals surface area contributed by atoms with Gasteiger partial charge in [0.15, 0.2) is 17.5 Å². The molecule has 0 amide bonds. The van der Waals surface area contributed by atoms with Crippen molar-refractivity contribution in [3.63, 3.8) is 0 Å². The van der Waals surface area contributed by atoms with Crippen LogP contribution in [0.1, 0.15) is 16.7 Å². The lowest BCUT2D eigenvalue weighted by Gasteiger charge is -2.31. The third-order valence-corrected chi connectivity index (χ3v) is 4.79. The number of fused-ring (bicyclic) bond motifs is 1. The van der Waals surface area contributed by atoms with Crippen LogP contribution in [0.25, 0.3) is 0 Å². The van der Waals surface area contributed by atoms with E-state index in [4.69, 9.17) is 9.47 Å². The molecule has 0 radical (unpaired) electrons. The average Bonchev–Trinajstić information content (AvgIpc) is 2.70. The molecule has 2 aromatic rings. The predicted octanol–water partition coefficient (Wildman–Crippen LogP) is 3.50. The number of aliphatic imine (C=N–C) groups is 1. The predicted molar refractivity (Wildman–Crippen MR) is 121 cm³/mol. The van der Waals surface area contributed by atoms with Gasteiger partial charge in [-0.25, -0.2) is 0 Å². The largest absolute Gasteiger partial charge is 0.493 e. The van der Waals surface area contributed by atoms with Gasteiger partial charge in [-0.3, -0.25) is 4.99 Å². The molecule has 0 saturated carbocycles. The van der Waals surface area contributed by atoms with E-state index < -0.39 is 0 Å². The van der Waals surface area contributed by atoms with Crippen LogP contribution in [-0.2, 0) is 19.4 Å². The lowest BCUT2D eigenvalue weighted by Crippen LogP contribution is -2.44.